The van der Waals surface area contributed by atoms with Gasteiger partial charge in [-0.1, -0.05) is 30.3 Å². The maximum Gasteiger partial charge on any atom is 0.261 e. The molecular weight excluding hydrogens is 384 g/mol. The highest BCUT2D eigenvalue weighted by Gasteiger charge is 2.25. The zero-order valence-corrected chi connectivity index (χ0v) is 17.0. The summed E-state index contributed by atoms with van der Waals surface area (Å²) >= 11 is 1.52. The summed E-state index contributed by atoms with van der Waals surface area (Å²) in [6, 6.07) is 18.9. The summed E-state index contributed by atoms with van der Waals surface area (Å²) in [6.45, 7) is 1.66. The number of benzene rings is 2. The van der Waals surface area contributed by atoms with Gasteiger partial charge in [-0.3, -0.25) is 9.59 Å². The van der Waals surface area contributed by atoms with Crippen LogP contribution < -0.4 is 10.1 Å². The number of methoxy groups -OCH3 is 1. The molecule has 5 nitrogen and oxygen atoms in total. The van der Waals surface area contributed by atoms with Gasteiger partial charge in [-0.05, 0) is 47.9 Å². The number of hydrogen-bond donors (Lipinski definition) is 1. The molecule has 0 atom stereocenters. The molecule has 0 aliphatic carbocycles. The normalized spacial score (nSPS) is 12.9. The molecule has 2 heterocycles. The first-order valence-corrected chi connectivity index (χ1v) is 10.3. The van der Waals surface area contributed by atoms with E-state index in [1.807, 2.05) is 65.6 Å². The van der Waals surface area contributed by atoms with Crippen molar-refractivity contribution in [1.82, 2.24) is 10.2 Å². The highest BCUT2D eigenvalue weighted by atomic mass is 32.1. The fraction of sp³-hybridized carbons (Fsp3) is 0.217. The molecule has 148 valence electrons. The van der Waals surface area contributed by atoms with Gasteiger partial charge >= 0.3 is 0 Å². The standard InChI is InChI=1S/C23H22N2O3S/c1-28-19-9-5-6-16(12-19)14-24-22(26)21-13-18-15-25(11-10-20(18)29-21)23(27)17-7-3-2-4-8-17/h2-9,12-13H,10-11,14-15H2,1H3,(H,24,26). The van der Waals surface area contributed by atoms with Crippen LogP contribution in [0.25, 0.3) is 0 Å². The second-order valence-corrected chi connectivity index (χ2v) is 8.07. The number of ether oxygens (including phenoxy) is 1. The number of amides is 2. The molecule has 2 amide bonds. The van der Waals surface area contributed by atoms with Crippen LogP contribution in [-0.2, 0) is 19.5 Å². The number of carbonyl (C=O) groups is 2. The maximum atomic E-state index is 12.7. The van der Waals surface area contributed by atoms with Crippen LogP contribution in [0.3, 0.4) is 0 Å². The van der Waals surface area contributed by atoms with Gasteiger partial charge < -0.3 is 15.0 Å². The number of carbonyl (C=O) groups excluding carboxylic acids is 2. The first kappa shape index (κ1) is 19.2. The van der Waals surface area contributed by atoms with E-state index in [4.69, 9.17) is 4.74 Å². The van der Waals surface area contributed by atoms with Crippen molar-refractivity contribution in [1.29, 1.82) is 0 Å². The molecule has 0 bridgehead atoms. The zero-order chi connectivity index (χ0) is 20.2. The summed E-state index contributed by atoms with van der Waals surface area (Å²) < 4.78 is 5.22. The lowest BCUT2D eigenvalue weighted by atomic mass is 10.1. The average Bonchev–Trinajstić information content (AvgIpc) is 3.21. The van der Waals surface area contributed by atoms with Crippen LogP contribution in [0.15, 0.2) is 60.7 Å². The molecule has 6 heteroatoms. The second-order valence-electron chi connectivity index (χ2n) is 6.94. The monoisotopic (exact) mass is 406 g/mol. The van der Waals surface area contributed by atoms with Gasteiger partial charge in [-0.25, -0.2) is 0 Å². The Morgan fingerprint density at radius 1 is 1.10 bits per heavy atom. The summed E-state index contributed by atoms with van der Waals surface area (Å²) in [6.07, 6.45) is 0.780. The van der Waals surface area contributed by atoms with Crippen molar-refractivity contribution < 1.29 is 14.3 Å². The minimum Gasteiger partial charge on any atom is -0.497 e. The second kappa shape index (κ2) is 8.49. The molecule has 1 aliphatic rings. The number of hydrogen-bond acceptors (Lipinski definition) is 4. The smallest absolute Gasteiger partial charge is 0.261 e. The molecule has 0 saturated heterocycles. The van der Waals surface area contributed by atoms with Gasteiger partial charge in [0.25, 0.3) is 11.8 Å². The Hall–Kier alpha value is -3.12. The average molecular weight is 407 g/mol. The van der Waals surface area contributed by atoms with E-state index in [2.05, 4.69) is 5.32 Å². The van der Waals surface area contributed by atoms with Gasteiger partial charge in [-0.2, -0.15) is 0 Å². The summed E-state index contributed by atoms with van der Waals surface area (Å²) in [7, 11) is 1.62. The van der Waals surface area contributed by atoms with Crippen molar-refractivity contribution in [2.45, 2.75) is 19.5 Å². The quantitative estimate of drug-likeness (QED) is 0.699. The first-order valence-electron chi connectivity index (χ1n) is 9.51. The van der Waals surface area contributed by atoms with Crippen LogP contribution in [0.5, 0.6) is 5.75 Å². The van der Waals surface area contributed by atoms with Crippen molar-refractivity contribution in [2.24, 2.45) is 0 Å². The molecule has 1 N–H and O–H groups in total. The third-order valence-corrected chi connectivity index (χ3v) is 6.22. The van der Waals surface area contributed by atoms with Crippen LogP contribution in [-0.4, -0.2) is 30.4 Å². The van der Waals surface area contributed by atoms with E-state index in [0.717, 1.165) is 23.3 Å². The number of nitrogens with one attached hydrogen (secondary N) is 1. The highest BCUT2D eigenvalue weighted by Crippen LogP contribution is 2.29. The molecule has 0 radical (unpaired) electrons. The summed E-state index contributed by atoms with van der Waals surface area (Å²) in [4.78, 5) is 29.0. The van der Waals surface area contributed by atoms with Crippen LogP contribution in [0, 0.1) is 0 Å². The van der Waals surface area contributed by atoms with E-state index in [9.17, 15) is 9.59 Å². The zero-order valence-electron chi connectivity index (χ0n) is 16.2. The van der Waals surface area contributed by atoms with Gasteiger partial charge in [0.05, 0.1) is 12.0 Å². The third-order valence-electron chi connectivity index (χ3n) is 4.99. The van der Waals surface area contributed by atoms with Crippen molar-refractivity contribution in [2.75, 3.05) is 13.7 Å². The van der Waals surface area contributed by atoms with Gasteiger partial charge in [0.15, 0.2) is 0 Å². The van der Waals surface area contributed by atoms with E-state index in [1.165, 1.54) is 16.2 Å². The number of thiophene rings is 1. The maximum absolute atomic E-state index is 12.7. The molecule has 29 heavy (non-hydrogen) atoms. The van der Waals surface area contributed by atoms with Gasteiger partial charge in [0.1, 0.15) is 5.75 Å². The van der Waals surface area contributed by atoms with E-state index in [1.54, 1.807) is 7.11 Å². The Morgan fingerprint density at radius 3 is 2.72 bits per heavy atom. The molecule has 0 unspecified atom stereocenters. The van der Waals surface area contributed by atoms with E-state index >= 15 is 0 Å². The van der Waals surface area contributed by atoms with Gasteiger partial charge in [0.2, 0.25) is 0 Å². The summed E-state index contributed by atoms with van der Waals surface area (Å²) in [5, 5.41) is 2.97. The highest BCUT2D eigenvalue weighted by molar-refractivity contribution is 7.14. The fourth-order valence-electron chi connectivity index (χ4n) is 3.43. The Kier molecular flexibility index (Phi) is 5.62. The molecular formula is C23H22N2O3S. The number of nitrogens with zero attached hydrogens (tertiary/aromatic N) is 1. The molecule has 0 fully saturated rings. The molecule has 4 rings (SSSR count). The Balaban J connectivity index is 1.41. The predicted molar refractivity (Wildman–Crippen MR) is 113 cm³/mol. The molecule has 0 saturated carbocycles. The molecule has 3 aromatic rings. The Bertz CT molecular complexity index is 1030. The number of fused-ring (bicyclic) bond motifs is 1. The minimum absolute atomic E-state index is 0.0338. The molecule has 2 aromatic carbocycles. The first-order chi connectivity index (χ1) is 14.1. The molecule has 1 aliphatic heterocycles. The number of rotatable bonds is 5. The van der Waals surface area contributed by atoms with Crippen LogP contribution in [0.2, 0.25) is 0 Å². The lowest BCUT2D eigenvalue weighted by molar-refractivity contribution is 0.0736. The van der Waals surface area contributed by atoms with Crippen LogP contribution >= 0.6 is 11.3 Å². The fourth-order valence-corrected chi connectivity index (χ4v) is 4.51. The summed E-state index contributed by atoms with van der Waals surface area (Å²) in [5.41, 5.74) is 2.75. The van der Waals surface area contributed by atoms with Crippen molar-refractivity contribution in [3.05, 3.63) is 87.1 Å². The SMILES string of the molecule is COc1cccc(CNC(=O)c2cc3c(s2)CCN(C(=O)c2ccccc2)C3)c1. The van der Waals surface area contributed by atoms with Gasteiger partial charge in [0, 0.05) is 30.1 Å². The van der Waals surface area contributed by atoms with Crippen molar-refractivity contribution in [3.63, 3.8) is 0 Å². The predicted octanol–water partition coefficient (Wildman–Crippen LogP) is 3.89. The Morgan fingerprint density at radius 2 is 1.93 bits per heavy atom. The van der Waals surface area contributed by atoms with Crippen LogP contribution in [0.4, 0.5) is 0 Å². The van der Waals surface area contributed by atoms with E-state index < -0.39 is 0 Å². The molecule has 0 spiro atoms. The Labute approximate surface area is 173 Å². The third kappa shape index (κ3) is 4.32. The van der Waals surface area contributed by atoms with Crippen molar-refractivity contribution >= 4 is 23.2 Å². The van der Waals surface area contributed by atoms with Crippen molar-refractivity contribution in [3.8, 4) is 5.75 Å². The lowest BCUT2D eigenvalue weighted by Crippen LogP contribution is -2.35. The molecule has 1 aromatic heterocycles. The lowest BCUT2D eigenvalue weighted by Gasteiger charge is -2.27. The minimum atomic E-state index is -0.0897. The largest absolute Gasteiger partial charge is 0.497 e. The van der Waals surface area contributed by atoms with E-state index in [0.29, 0.717) is 30.1 Å². The van der Waals surface area contributed by atoms with Crippen LogP contribution in [0.1, 0.15) is 36.0 Å². The van der Waals surface area contributed by atoms with E-state index in [-0.39, 0.29) is 11.8 Å². The summed E-state index contributed by atoms with van der Waals surface area (Å²) in [5.74, 6) is 0.714. The topological polar surface area (TPSA) is 58.6 Å². The van der Waals surface area contributed by atoms with Gasteiger partial charge in [-0.15, -0.1) is 11.3 Å².